The number of nitrogens with one attached hydrogen (secondary N) is 1. The molecular formula is C18H18FN3O. The van der Waals surface area contributed by atoms with Crippen molar-refractivity contribution in [3.63, 3.8) is 0 Å². The van der Waals surface area contributed by atoms with Gasteiger partial charge in [-0.1, -0.05) is 18.2 Å². The van der Waals surface area contributed by atoms with Crippen molar-refractivity contribution in [3.8, 4) is 0 Å². The van der Waals surface area contributed by atoms with Gasteiger partial charge in [0.05, 0.1) is 17.4 Å². The van der Waals surface area contributed by atoms with E-state index in [1.807, 2.05) is 12.1 Å². The number of nitrogens with zero attached hydrogens (tertiary/aromatic N) is 2. The van der Waals surface area contributed by atoms with Crippen molar-refractivity contribution in [2.45, 2.75) is 31.2 Å². The maximum atomic E-state index is 13.9. The first-order chi connectivity index (χ1) is 11.1. The number of benzene rings is 1. The third kappa shape index (κ3) is 2.27. The zero-order valence-electron chi connectivity index (χ0n) is 12.9. The quantitative estimate of drug-likeness (QED) is 0.922. The summed E-state index contributed by atoms with van der Waals surface area (Å²) in [5.74, 6) is -0.303. The van der Waals surface area contributed by atoms with Gasteiger partial charge in [0.2, 0.25) is 0 Å². The van der Waals surface area contributed by atoms with Gasteiger partial charge in [-0.2, -0.15) is 0 Å². The fourth-order valence-corrected chi connectivity index (χ4v) is 3.38. The van der Waals surface area contributed by atoms with Gasteiger partial charge in [-0.05, 0) is 38.0 Å². The predicted octanol–water partition coefficient (Wildman–Crippen LogP) is 3.54. The summed E-state index contributed by atoms with van der Waals surface area (Å²) in [5.41, 5.74) is 2.44. The third-order valence-corrected chi connectivity index (χ3v) is 4.85. The molecular weight excluding hydrogens is 293 g/mol. The van der Waals surface area contributed by atoms with E-state index in [4.69, 9.17) is 0 Å². The Bertz CT molecular complexity index is 772. The topological polar surface area (TPSA) is 45.2 Å². The molecule has 2 amide bonds. The number of carbonyl (C=O) groups is 1. The average molecular weight is 311 g/mol. The van der Waals surface area contributed by atoms with E-state index in [0.717, 1.165) is 24.2 Å². The van der Waals surface area contributed by atoms with Crippen LogP contribution in [0, 0.1) is 5.82 Å². The number of aromatic nitrogens is 1. The molecule has 1 aromatic heterocycles. The lowest BCUT2D eigenvalue weighted by Crippen LogP contribution is -2.41. The van der Waals surface area contributed by atoms with E-state index >= 15 is 0 Å². The summed E-state index contributed by atoms with van der Waals surface area (Å²) in [5, 5.41) is 2.90. The van der Waals surface area contributed by atoms with Gasteiger partial charge in [0.15, 0.2) is 0 Å². The zero-order valence-corrected chi connectivity index (χ0v) is 12.9. The number of carbonyl (C=O) groups excluding carboxylic acids is 1. The second-order valence-electron chi connectivity index (χ2n) is 6.43. The summed E-state index contributed by atoms with van der Waals surface area (Å²) in [6.45, 7) is 2.46. The molecule has 1 fully saturated rings. The van der Waals surface area contributed by atoms with E-state index in [9.17, 15) is 9.18 Å². The normalized spacial score (nSPS) is 18.6. The minimum Gasteiger partial charge on any atom is -0.331 e. The smallest absolute Gasteiger partial charge is 0.322 e. The Kier molecular flexibility index (Phi) is 3.11. The molecule has 118 valence electrons. The van der Waals surface area contributed by atoms with Crippen molar-refractivity contribution in [3.05, 3.63) is 59.7 Å². The molecule has 4 nitrogen and oxygen atoms in total. The van der Waals surface area contributed by atoms with Gasteiger partial charge in [-0.3, -0.25) is 9.88 Å². The number of fused-ring (bicyclic) bond motifs is 2. The van der Waals surface area contributed by atoms with Crippen LogP contribution >= 0.6 is 0 Å². The maximum absolute atomic E-state index is 13.9. The number of hydrogen-bond donors (Lipinski definition) is 1. The molecule has 1 aromatic carbocycles. The molecule has 1 atom stereocenters. The number of halogens is 1. The van der Waals surface area contributed by atoms with Crippen molar-refractivity contribution in [2.75, 3.05) is 11.4 Å². The number of urea groups is 1. The van der Waals surface area contributed by atoms with Crippen LogP contribution in [-0.4, -0.2) is 17.6 Å². The monoisotopic (exact) mass is 311 g/mol. The van der Waals surface area contributed by atoms with Gasteiger partial charge >= 0.3 is 6.03 Å². The Balaban J connectivity index is 1.56. The lowest BCUT2D eigenvalue weighted by Gasteiger charge is -2.22. The van der Waals surface area contributed by atoms with Crippen molar-refractivity contribution in [1.82, 2.24) is 10.3 Å². The summed E-state index contributed by atoms with van der Waals surface area (Å²) in [7, 11) is 0. The molecule has 2 aliphatic rings. The summed E-state index contributed by atoms with van der Waals surface area (Å²) >= 11 is 0. The summed E-state index contributed by atoms with van der Waals surface area (Å²) < 4.78 is 13.9. The van der Waals surface area contributed by atoms with Crippen LogP contribution in [0.2, 0.25) is 0 Å². The maximum Gasteiger partial charge on any atom is 0.322 e. The molecule has 23 heavy (non-hydrogen) atoms. The Morgan fingerprint density at radius 1 is 1.30 bits per heavy atom. The molecule has 1 spiro atoms. The van der Waals surface area contributed by atoms with Gasteiger partial charge in [0.25, 0.3) is 0 Å². The molecule has 0 radical (unpaired) electrons. The number of hydrogen-bond acceptors (Lipinski definition) is 2. The molecule has 1 aliphatic carbocycles. The first kappa shape index (κ1) is 14.2. The minimum atomic E-state index is -0.389. The lowest BCUT2D eigenvalue weighted by atomic mass is 10.1. The van der Waals surface area contributed by atoms with Crippen LogP contribution in [0.15, 0.2) is 42.6 Å². The Labute approximate surface area is 134 Å². The molecule has 5 heteroatoms. The molecule has 0 bridgehead atoms. The highest BCUT2D eigenvalue weighted by Crippen LogP contribution is 2.55. The molecule has 4 rings (SSSR count). The second kappa shape index (κ2) is 5.05. The average Bonchev–Trinajstić information content (AvgIpc) is 3.25. The molecule has 2 heterocycles. The van der Waals surface area contributed by atoms with E-state index in [1.54, 1.807) is 36.2 Å². The van der Waals surface area contributed by atoms with E-state index in [-0.39, 0.29) is 23.3 Å². The van der Waals surface area contributed by atoms with Crippen molar-refractivity contribution >= 4 is 11.7 Å². The van der Waals surface area contributed by atoms with Crippen LogP contribution in [0.4, 0.5) is 14.9 Å². The first-order valence-corrected chi connectivity index (χ1v) is 7.89. The Hall–Kier alpha value is -2.43. The van der Waals surface area contributed by atoms with Crippen molar-refractivity contribution in [2.24, 2.45) is 0 Å². The lowest BCUT2D eigenvalue weighted by molar-refractivity contribution is 0.243. The van der Waals surface area contributed by atoms with Gasteiger partial charge in [-0.25, -0.2) is 9.18 Å². The molecule has 1 aliphatic heterocycles. The standard InChI is InChI=1S/C18H18FN3O/c1-12(13-5-2-3-6-14(13)19)21-17(23)22-11-18(8-9-18)16-15(22)7-4-10-20-16/h2-7,10,12H,8-9,11H2,1H3,(H,21,23). The first-order valence-electron chi connectivity index (χ1n) is 7.89. The number of pyridine rings is 1. The predicted molar refractivity (Wildman–Crippen MR) is 85.8 cm³/mol. The number of rotatable bonds is 2. The van der Waals surface area contributed by atoms with Crippen LogP contribution in [0.5, 0.6) is 0 Å². The zero-order chi connectivity index (χ0) is 16.0. The van der Waals surface area contributed by atoms with E-state index in [1.165, 1.54) is 6.07 Å². The molecule has 0 saturated heterocycles. The van der Waals surface area contributed by atoms with Crippen LogP contribution in [0.1, 0.15) is 37.1 Å². The van der Waals surface area contributed by atoms with Crippen molar-refractivity contribution < 1.29 is 9.18 Å². The van der Waals surface area contributed by atoms with E-state index in [2.05, 4.69) is 10.3 Å². The SMILES string of the molecule is CC(NC(=O)N1CC2(CC2)c2ncccc21)c1ccccc1F. The molecule has 1 N–H and O–H groups in total. The minimum absolute atomic E-state index is 0.0508. The number of anilines is 1. The Morgan fingerprint density at radius 3 is 2.83 bits per heavy atom. The van der Waals surface area contributed by atoms with Gasteiger partial charge in [0, 0.05) is 23.7 Å². The molecule has 2 aromatic rings. The summed E-state index contributed by atoms with van der Waals surface area (Å²) in [4.78, 5) is 18.9. The van der Waals surface area contributed by atoms with Gasteiger partial charge < -0.3 is 5.32 Å². The van der Waals surface area contributed by atoms with E-state index in [0.29, 0.717) is 12.1 Å². The third-order valence-electron chi connectivity index (χ3n) is 4.85. The van der Waals surface area contributed by atoms with Crippen LogP contribution in [0.3, 0.4) is 0 Å². The van der Waals surface area contributed by atoms with Gasteiger partial charge in [0.1, 0.15) is 5.82 Å². The largest absolute Gasteiger partial charge is 0.331 e. The highest BCUT2D eigenvalue weighted by molar-refractivity contribution is 5.95. The number of amides is 2. The second-order valence-corrected chi connectivity index (χ2v) is 6.43. The fraction of sp³-hybridized carbons (Fsp3) is 0.333. The highest BCUT2D eigenvalue weighted by atomic mass is 19.1. The molecule has 1 unspecified atom stereocenters. The summed E-state index contributed by atoms with van der Waals surface area (Å²) in [6, 6.07) is 9.72. The molecule has 1 saturated carbocycles. The Morgan fingerprint density at radius 2 is 2.09 bits per heavy atom. The van der Waals surface area contributed by atoms with Crippen LogP contribution in [-0.2, 0) is 5.41 Å². The van der Waals surface area contributed by atoms with Crippen LogP contribution < -0.4 is 10.2 Å². The van der Waals surface area contributed by atoms with Crippen LogP contribution in [0.25, 0.3) is 0 Å². The van der Waals surface area contributed by atoms with Gasteiger partial charge in [-0.15, -0.1) is 0 Å². The summed E-state index contributed by atoms with van der Waals surface area (Å²) in [6.07, 6.45) is 3.93. The van der Waals surface area contributed by atoms with E-state index < -0.39 is 0 Å². The highest BCUT2D eigenvalue weighted by Gasteiger charge is 2.54. The van der Waals surface area contributed by atoms with Crippen molar-refractivity contribution in [1.29, 1.82) is 0 Å². The fourth-order valence-electron chi connectivity index (χ4n) is 3.38.